The van der Waals surface area contributed by atoms with Crippen LogP contribution in [0.15, 0.2) is 29.0 Å². The second-order valence-electron chi connectivity index (χ2n) is 4.08. The average molecular weight is 312 g/mol. The van der Waals surface area contributed by atoms with Gasteiger partial charge in [0.1, 0.15) is 0 Å². The van der Waals surface area contributed by atoms with Gasteiger partial charge < -0.3 is 5.32 Å². The van der Waals surface area contributed by atoms with Gasteiger partial charge in [-0.3, -0.25) is 13.8 Å². The summed E-state index contributed by atoms with van der Waals surface area (Å²) in [6.45, 7) is 0. The Kier molecular flexibility index (Phi) is 2.91. The average Bonchev–Trinajstić information content (AvgIpc) is 3.02. The Morgan fingerprint density at radius 2 is 2.20 bits per heavy atom. The van der Waals surface area contributed by atoms with E-state index in [1.54, 1.807) is 31.9 Å². The van der Waals surface area contributed by atoms with Crippen LogP contribution in [0.1, 0.15) is 0 Å². The van der Waals surface area contributed by atoms with Crippen molar-refractivity contribution in [3.05, 3.63) is 24.0 Å². The lowest BCUT2D eigenvalue weighted by Crippen LogP contribution is -2.16. The Morgan fingerprint density at radius 1 is 1.40 bits per heavy atom. The smallest absolute Gasteiger partial charge is 0.281 e. The summed E-state index contributed by atoms with van der Waals surface area (Å²) in [5, 5.41) is 8.60. The molecule has 10 heteroatoms. The molecule has 0 fully saturated rings. The van der Waals surface area contributed by atoms with E-state index in [2.05, 4.69) is 20.1 Å². The number of thiazole rings is 1. The van der Waals surface area contributed by atoms with Gasteiger partial charge in [0.05, 0.1) is 11.9 Å². The minimum absolute atomic E-state index is 0.0834. The van der Waals surface area contributed by atoms with Gasteiger partial charge in [0.15, 0.2) is 10.8 Å². The van der Waals surface area contributed by atoms with E-state index in [-0.39, 0.29) is 5.03 Å². The first-order chi connectivity index (χ1) is 9.51. The molecule has 106 valence electrons. The van der Waals surface area contributed by atoms with E-state index >= 15 is 0 Å². The lowest BCUT2D eigenvalue weighted by Gasteiger charge is -2.06. The van der Waals surface area contributed by atoms with Gasteiger partial charge >= 0.3 is 0 Å². The van der Waals surface area contributed by atoms with Crippen LogP contribution in [0.4, 0.5) is 11.5 Å². The minimum atomic E-state index is -3.75. The number of anilines is 2. The van der Waals surface area contributed by atoms with Crippen molar-refractivity contribution in [2.24, 2.45) is 7.05 Å². The van der Waals surface area contributed by atoms with E-state index < -0.39 is 10.0 Å². The van der Waals surface area contributed by atoms with Crippen molar-refractivity contribution in [2.45, 2.75) is 5.03 Å². The predicted octanol–water partition coefficient (Wildman–Crippen LogP) is 0.972. The van der Waals surface area contributed by atoms with Crippen molar-refractivity contribution in [3.8, 4) is 0 Å². The first kappa shape index (κ1) is 12.9. The van der Waals surface area contributed by atoms with Gasteiger partial charge in [-0.25, -0.2) is 4.98 Å². The number of aryl methyl sites for hydroxylation is 1. The Hall–Kier alpha value is -2.07. The lowest BCUT2D eigenvalue weighted by molar-refractivity contribution is 0.597. The molecule has 0 radical (unpaired) electrons. The predicted molar refractivity (Wildman–Crippen MR) is 76.6 cm³/mol. The van der Waals surface area contributed by atoms with Crippen LogP contribution in [-0.4, -0.2) is 34.6 Å². The molecule has 0 aliphatic rings. The number of rotatable bonds is 4. The van der Waals surface area contributed by atoms with Crippen LogP contribution in [0.5, 0.6) is 0 Å². The molecule has 3 heterocycles. The van der Waals surface area contributed by atoms with Crippen molar-refractivity contribution < 1.29 is 8.42 Å². The monoisotopic (exact) mass is 312 g/mol. The van der Waals surface area contributed by atoms with Crippen molar-refractivity contribution in [1.29, 1.82) is 0 Å². The summed E-state index contributed by atoms with van der Waals surface area (Å²) in [5.41, 5.74) is 0.403. The first-order valence-electron chi connectivity index (χ1n) is 5.66. The largest absolute Gasteiger partial charge is 0.371 e. The molecule has 0 unspecified atom stereocenters. The second kappa shape index (κ2) is 4.49. The van der Waals surface area contributed by atoms with Crippen LogP contribution < -0.4 is 10.0 Å². The number of nitrogens with one attached hydrogen (secondary N) is 2. The molecule has 0 atom stereocenters. The Morgan fingerprint density at radius 3 is 2.85 bits per heavy atom. The van der Waals surface area contributed by atoms with E-state index in [1.807, 2.05) is 0 Å². The topological polar surface area (TPSA) is 93.3 Å². The SMILES string of the molecule is CNc1nc2sccn2c1S(=O)(=O)Nc1cnn(C)c1. The second-order valence-corrected chi connectivity index (χ2v) is 6.55. The third-order valence-corrected chi connectivity index (χ3v) is 4.83. The summed E-state index contributed by atoms with van der Waals surface area (Å²) in [4.78, 5) is 4.85. The van der Waals surface area contributed by atoms with E-state index in [9.17, 15) is 8.42 Å². The molecule has 0 amide bonds. The van der Waals surface area contributed by atoms with Crippen LogP contribution in [0.3, 0.4) is 0 Å². The fourth-order valence-corrected chi connectivity index (χ4v) is 3.95. The normalized spacial score (nSPS) is 11.9. The standard InChI is InChI=1S/C10H12N6O2S2/c1-11-8-9(16-3-4-19-10(16)13-8)20(17,18)14-7-5-12-15(2)6-7/h3-6,11,14H,1-2H3. The molecule has 8 nitrogen and oxygen atoms in total. The molecule has 3 aromatic rings. The molecule has 0 saturated carbocycles. The van der Waals surface area contributed by atoms with Gasteiger partial charge in [-0.1, -0.05) is 0 Å². The molecular weight excluding hydrogens is 300 g/mol. The zero-order chi connectivity index (χ0) is 14.3. The van der Waals surface area contributed by atoms with Gasteiger partial charge in [0.2, 0.25) is 5.03 Å². The Balaban J connectivity index is 2.10. The maximum Gasteiger partial charge on any atom is 0.281 e. The van der Waals surface area contributed by atoms with Crippen LogP contribution >= 0.6 is 11.3 Å². The number of nitrogens with zero attached hydrogens (tertiary/aromatic N) is 4. The Bertz CT molecular complexity index is 859. The third kappa shape index (κ3) is 2.02. The van der Waals surface area contributed by atoms with Crippen molar-refractivity contribution in [3.63, 3.8) is 0 Å². The summed E-state index contributed by atoms with van der Waals surface area (Å²) in [5.74, 6) is 0.313. The number of sulfonamides is 1. The highest BCUT2D eigenvalue weighted by molar-refractivity contribution is 7.92. The number of imidazole rings is 1. The fraction of sp³-hybridized carbons (Fsp3) is 0.200. The number of hydrogen-bond donors (Lipinski definition) is 2. The molecule has 0 aliphatic carbocycles. The molecule has 20 heavy (non-hydrogen) atoms. The van der Waals surface area contributed by atoms with Crippen LogP contribution in [-0.2, 0) is 17.1 Å². The van der Waals surface area contributed by atoms with Crippen molar-refractivity contribution in [2.75, 3.05) is 17.1 Å². The number of aromatic nitrogens is 4. The molecule has 0 saturated heterocycles. The van der Waals surface area contributed by atoms with Crippen LogP contribution in [0.2, 0.25) is 0 Å². The van der Waals surface area contributed by atoms with Gasteiger partial charge in [-0.2, -0.15) is 13.5 Å². The van der Waals surface area contributed by atoms with Crippen LogP contribution in [0.25, 0.3) is 4.96 Å². The highest BCUT2D eigenvalue weighted by Gasteiger charge is 2.25. The summed E-state index contributed by atoms with van der Waals surface area (Å²) in [6.07, 6.45) is 4.70. The summed E-state index contributed by atoms with van der Waals surface area (Å²) < 4.78 is 30.6. The highest BCUT2D eigenvalue weighted by Crippen LogP contribution is 2.26. The van der Waals surface area contributed by atoms with Gasteiger partial charge in [0, 0.05) is 31.9 Å². The molecule has 3 rings (SSSR count). The van der Waals surface area contributed by atoms with E-state index in [1.165, 1.54) is 26.6 Å². The fourth-order valence-electron chi connectivity index (χ4n) is 1.86. The molecule has 0 aliphatic heterocycles. The third-order valence-electron chi connectivity index (χ3n) is 2.67. The Labute approximate surface area is 119 Å². The summed E-state index contributed by atoms with van der Waals surface area (Å²) in [6, 6.07) is 0. The lowest BCUT2D eigenvalue weighted by atomic mass is 10.6. The summed E-state index contributed by atoms with van der Waals surface area (Å²) >= 11 is 1.37. The number of hydrogen-bond acceptors (Lipinski definition) is 6. The minimum Gasteiger partial charge on any atom is -0.371 e. The molecule has 0 aromatic carbocycles. The van der Waals surface area contributed by atoms with E-state index in [0.29, 0.717) is 16.5 Å². The maximum absolute atomic E-state index is 12.5. The zero-order valence-corrected chi connectivity index (χ0v) is 12.4. The van der Waals surface area contributed by atoms with Crippen molar-refractivity contribution in [1.82, 2.24) is 19.2 Å². The molecule has 0 spiro atoms. The highest BCUT2D eigenvalue weighted by atomic mass is 32.2. The first-order valence-corrected chi connectivity index (χ1v) is 8.02. The van der Waals surface area contributed by atoms with E-state index in [4.69, 9.17) is 0 Å². The number of fused-ring (bicyclic) bond motifs is 1. The van der Waals surface area contributed by atoms with Crippen LogP contribution in [0, 0.1) is 0 Å². The molecule has 3 aromatic heterocycles. The molecule has 0 bridgehead atoms. The van der Waals surface area contributed by atoms with E-state index in [0.717, 1.165) is 0 Å². The van der Waals surface area contributed by atoms with Gasteiger partial charge in [-0.15, -0.1) is 11.3 Å². The molecular formula is C10H12N6O2S2. The zero-order valence-electron chi connectivity index (χ0n) is 10.7. The van der Waals surface area contributed by atoms with Gasteiger partial charge in [-0.05, 0) is 0 Å². The van der Waals surface area contributed by atoms with Gasteiger partial charge in [0.25, 0.3) is 10.0 Å². The quantitative estimate of drug-likeness (QED) is 0.749. The molecule has 2 N–H and O–H groups in total. The maximum atomic E-state index is 12.5. The van der Waals surface area contributed by atoms with Crippen molar-refractivity contribution >= 4 is 37.8 Å². The summed E-state index contributed by atoms with van der Waals surface area (Å²) in [7, 11) is -0.405.